The average molecular weight is 517 g/mol. The molecule has 1 unspecified atom stereocenters. The van der Waals surface area contributed by atoms with Crippen LogP contribution in [0, 0.1) is 0 Å². The van der Waals surface area contributed by atoms with Crippen molar-refractivity contribution in [3.8, 4) is 22.8 Å². The number of hydrogen-bond acceptors (Lipinski definition) is 7. The number of hydrogen-bond donors (Lipinski definition) is 2. The Hall–Kier alpha value is -4.15. The first-order valence-electron chi connectivity index (χ1n) is 12.8. The molecule has 2 aromatic carbocycles. The zero-order valence-electron chi connectivity index (χ0n) is 21.2. The topological polar surface area (TPSA) is 129 Å². The number of aromatic nitrogens is 2. The molecule has 5 rings (SSSR count). The first-order valence-corrected chi connectivity index (χ1v) is 12.8. The number of likely N-dealkylation sites (tertiary alicyclic amines) is 1. The highest BCUT2D eigenvalue weighted by Gasteiger charge is 2.31. The molecule has 4 N–H and O–H groups in total. The summed E-state index contributed by atoms with van der Waals surface area (Å²) in [6.07, 6.45) is 4.21. The molecular weight excluding hydrogens is 484 g/mol. The molecule has 2 aliphatic rings. The minimum Gasteiger partial charge on any atom is -0.457 e. The van der Waals surface area contributed by atoms with E-state index in [0.717, 1.165) is 38.6 Å². The summed E-state index contributed by atoms with van der Waals surface area (Å²) in [4.78, 5) is 29.1. The third kappa shape index (κ3) is 5.71. The Balaban J connectivity index is 1.28. The Labute approximate surface area is 221 Å². The highest BCUT2D eigenvalue weighted by Crippen LogP contribution is 2.33. The van der Waals surface area contributed by atoms with E-state index in [9.17, 15) is 9.59 Å². The first kappa shape index (κ1) is 25.5. The summed E-state index contributed by atoms with van der Waals surface area (Å²) in [7, 11) is 0. The van der Waals surface area contributed by atoms with E-state index in [-0.39, 0.29) is 23.3 Å². The number of anilines is 1. The zero-order valence-corrected chi connectivity index (χ0v) is 21.2. The summed E-state index contributed by atoms with van der Waals surface area (Å²) >= 11 is 0. The van der Waals surface area contributed by atoms with Crippen LogP contribution in [0.1, 0.15) is 22.8 Å². The maximum Gasteiger partial charge on any atom is 0.254 e. The van der Waals surface area contributed by atoms with Gasteiger partial charge in [-0.25, -0.2) is 4.68 Å². The molecule has 0 saturated carbocycles. The molecule has 3 aromatic rings. The SMILES string of the molecule is NC(=O)c1c(-c2ccc(Oc3ccccc3)cc2)nn(C2CCN(C(=O)C=CCN3CCOCC3)C2)c1N. The molecule has 2 amide bonds. The fourth-order valence-corrected chi connectivity index (χ4v) is 4.81. The predicted octanol–water partition coefficient (Wildman–Crippen LogP) is 2.69. The highest BCUT2D eigenvalue weighted by atomic mass is 16.5. The third-order valence-electron chi connectivity index (χ3n) is 6.85. The van der Waals surface area contributed by atoms with Crippen LogP contribution in [0.2, 0.25) is 0 Å². The highest BCUT2D eigenvalue weighted by molar-refractivity contribution is 6.03. The molecule has 2 fully saturated rings. The molecule has 2 aliphatic heterocycles. The number of nitrogen functional groups attached to an aromatic ring is 1. The second-order valence-corrected chi connectivity index (χ2v) is 9.40. The van der Waals surface area contributed by atoms with Gasteiger partial charge in [0.1, 0.15) is 28.6 Å². The molecule has 1 atom stereocenters. The van der Waals surface area contributed by atoms with Gasteiger partial charge in [0.05, 0.1) is 19.3 Å². The van der Waals surface area contributed by atoms with Gasteiger partial charge in [0.2, 0.25) is 5.91 Å². The number of nitrogens with zero attached hydrogens (tertiary/aromatic N) is 4. The van der Waals surface area contributed by atoms with Crippen molar-refractivity contribution in [3.63, 3.8) is 0 Å². The number of amides is 2. The molecule has 10 heteroatoms. The largest absolute Gasteiger partial charge is 0.457 e. The Morgan fingerprint density at radius 2 is 1.74 bits per heavy atom. The lowest BCUT2D eigenvalue weighted by molar-refractivity contribution is -0.125. The van der Waals surface area contributed by atoms with E-state index in [4.69, 9.17) is 20.9 Å². The van der Waals surface area contributed by atoms with Gasteiger partial charge in [-0.3, -0.25) is 14.5 Å². The van der Waals surface area contributed by atoms with E-state index in [1.54, 1.807) is 15.7 Å². The number of rotatable bonds is 8. The second-order valence-electron chi connectivity index (χ2n) is 9.40. The van der Waals surface area contributed by atoms with Crippen LogP contribution in [-0.4, -0.2) is 77.3 Å². The molecule has 0 radical (unpaired) electrons. The quantitative estimate of drug-likeness (QED) is 0.441. The van der Waals surface area contributed by atoms with Gasteiger partial charge in [0, 0.05) is 44.4 Å². The first-order chi connectivity index (χ1) is 18.5. The van der Waals surface area contributed by atoms with Crippen molar-refractivity contribution in [2.75, 3.05) is 51.7 Å². The summed E-state index contributed by atoms with van der Waals surface area (Å²) in [5.74, 6) is 0.892. The molecule has 10 nitrogen and oxygen atoms in total. The lowest BCUT2D eigenvalue weighted by Crippen LogP contribution is -2.36. The van der Waals surface area contributed by atoms with Crippen molar-refractivity contribution in [2.45, 2.75) is 12.5 Å². The monoisotopic (exact) mass is 516 g/mol. The number of carbonyl (C=O) groups is 2. The summed E-state index contributed by atoms with van der Waals surface area (Å²) in [5, 5.41) is 4.69. The van der Waals surface area contributed by atoms with Crippen LogP contribution in [-0.2, 0) is 9.53 Å². The number of nitrogens with two attached hydrogens (primary N) is 2. The molecular formula is C28H32N6O4. The van der Waals surface area contributed by atoms with E-state index in [1.807, 2.05) is 60.7 Å². The van der Waals surface area contributed by atoms with Gasteiger partial charge in [-0.2, -0.15) is 5.10 Å². The fourth-order valence-electron chi connectivity index (χ4n) is 4.81. The molecule has 0 bridgehead atoms. The van der Waals surface area contributed by atoms with Gasteiger partial charge in [0.15, 0.2) is 0 Å². The van der Waals surface area contributed by atoms with Gasteiger partial charge in [-0.15, -0.1) is 0 Å². The number of ether oxygens (including phenoxy) is 2. The minimum atomic E-state index is -0.648. The normalized spacial score (nSPS) is 18.2. The number of morpholine rings is 1. The van der Waals surface area contributed by atoms with Crippen LogP contribution in [0.4, 0.5) is 5.82 Å². The Morgan fingerprint density at radius 1 is 1.03 bits per heavy atom. The summed E-state index contributed by atoms with van der Waals surface area (Å²) in [5.41, 5.74) is 13.4. The molecule has 38 heavy (non-hydrogen) atoms. The van der Waals surface area contributed by atoms with Crippen LogP contribution in [0.5, 0.6) is 11.5 Å². The molecule has 198 valence electrons. The van der Waals surface area contributed by atoms with Gasteiger partial charge in [-0.1, -0.05) is 24.3 Å². The lowest BCUT2D eigenvalue weighted by Gasteiger charge is -2.25. The zero-order chi connectivity index (χ0) is 26.5. The maximum atomic E-state index is 12.8. The van der Waals surface area contributed by atoms with Gasteiger partial charge >= 0.3 is 0 Å². The smallest absolute Gasteiger partial charge is 0.254 e. The van der Waals surface area contributed by atoms with Gasteiger partial charge in [-0.05, 0) is 42.8 Å². The predicted molar refractivity (Wildman–Crippen MR) is 144 cm³/mol. The van der Waals surface area contributed by atoms with E-state index >= 15 is 0 Å². The van der Waals surface area contributed by atoms with Crippen molar-refractivity contribution < 1.29 is 19.1 Å². The Morgan fingerprint density at radius 3 is 2.45 bits per heavy atom. The van der Waals surface area contributed by atoms with Crippen molar-refractivity contribution in [1.82, 2.24) is 19.6 Å². The molecule has 1 aromatic heterocycles. The lowest BCUT2D eigenvalue weighted by atomic mass is 10.1. The Bertz CT molecular complexity index is 1300. The van der Waals surface area contributed by atoms with Gasteiger partial charge < -0.3 is 25.8 Å². The maximum absolute atomic E-state index is 12.8. The van der Waals surface area contributed by atoms with E-state index in [1.165, 1.54) is 0 Å². The standard InChI is InChI=1S/C28H32N6O4/c29-27-25(28(30)36)26(20-8-10-23(11-9-20)38-22-5-2-1-3-6-22)31-34(27)21-12-14-33(19-21)24(35)7-4-13-32-15-17-37-18-16-32/h1-11,21H,12-19,29H2,(H2,30,36). The van der Waals surface area contributed by atoms with Gasteiger partial charge in [0.25, 0.3) is 5.91 Å². The number of benzene rings is 2. The van der Waals surface area contributed by atoms with E-state index < -0.39 is 5.91 Å². The van der Waals surface area contributed by atoms with Crippen LogP contribution in [0.15, 0.2) is 66.7 Å². The second kappa shape index (κ2) is 11.5. The van der Waals surface area contributed by atoms with Crippen molar-refractivity contribution in [2.24, 2.45) is 5.73 Å². The molecule has 3 heterocycles. The van der Waals surface area contributed by atoms with E-state index in [2.05, 4.69) is 10.00 Å². The van der Waals surface area contributed by atoms with E-state index in [0.29, 0.717) is 36.5 Å². The number of para-hydroxylation sites is 1. The van der Waals surface area contributed by atoms with Crippen molar-refractivity contribution in [3.05, 3.63) is 72.3 Å². The van der Waals surface area contributed by atoms with Crippen molar-refractivity contribution in [1.29, 1.82) is 0 Å². The summed E-state index contributed by atoms with van der Waals surface area (Å²) in [6.45, 7) is 4.94. The summed E-state index contributed by atoms with van der Waals surface area (Å²) < 4.78 is 12.9. The molecule has 2 saturated heterocycles. The minimum absolute atomic E-state index is 0.0455. The third-order valence-corrected chi connectivity index (χ3v) is 6.85. The Kier molecular flexibility index (Phi) is 7.71. The fraction of sp³-hybridized carbons (Fsp3) is 0.321. The van der Waals surface area contributed by atoms with Crippen LogP contribution < -0.4 is 16.2 Å². The average Bonchev–Trinajstić information content (AvgIpc) is 3.55. The van der Waals surface area contributed by atoms with Crippen LogP contribution in [0.3, 0.4) is 0 Å². The number of carbonyl (C=O) groups excluding carboxylic acids is 2. The molecule has 0 aliphatic carbocycles. The summed E-state index contributed by atoms with van der Waals surface area (Å²) in [6, 6.07) is 16.6. The van der Waals surface area contributed by atoms with Crippen LogP contribution >= 0.6 is 0 Å². The van der Waals surface area contributed by atoms with Crippen molar-refractivity contribution >= 4 is 17.6 Å². The number of primary amides is 1. The molecule has 0 spiro atoms. The van der Waals surface area contributed by atoms with Crippen LogP contribution in [0.25, 0.3) is 11.3 Å².